The molecular weight excluding hydrogens is 973 g/mol. The molecule has 0 N–H and O–H groups in total. The number of hydrogen-bond donors (Lipinski definition) is 0. The summed E-state index contributed by atoms with van der Waals surface area (Å²) in [5.74, 6) is -0.858. The fourth-order valence-corrected chi connectivity index (χ4v) is 10.8. The Morgan fingerprint density at radius 2 is 0.456 bits per heavy atom. The van der Waals surface area contributed by atoms with E-state index in [1.165, 1.54) is 283 Å². The van der Waals surface area contributed by atoms with E-state index in [4.69, 9.17) is 14.2 Å². The third kappa shape index (κ3) is 66.3. The molecule has 0 amide bonds. The van der Waals surface area contributed by atoms with Crippen molar-refractivity contribution in [1.82, 2.24) is 0 Å². The number of carbonyl (C=O) groups excluding carboxylic acids is 3. The zero-order chi connectivity index (χ0) is 57.1. The van der Waals surface area contributed by atoms with Crippen molar-refractivity contribution < 1.29 is 28.6 Å². The van der Waals surface area contributed by atoms with Gasteiger partial charge in [-0.1, -0.05) is 333 Å². The lowest BCUT2D eigenvalue weighted by Gasteiger charge is -2.18. The van der Waals surface area contributed by atoms with Crippen LogP contribution in [0.5, 0.6) is 0 Å². The minimum absolute atomic E-state index is 0.0678. The van der Waals surface area contributed by atoms with Crippen molar-refractivity contribution in [2.75, 3.05) is 13.2 Å². The number of carbonyl (C=O) groups is 3. The quantitative estimate of drug-likeness (QED) is 0.0261. The van der Waals surface area contributed by atoms with Gasteiger partial charge in [0.2, 0.25) is 0 Å². The summed E-state index contributed by atoms with van der Waals surface area (Å²) in [5, 5.41) is 0. The molecule has 6 heteroatoms. The highest BCUT2D eigenvalue weighted by molar-refractivity contribution is 5.71. The Morgan fingerprint density at radius 1 is 0.253 bits per heavy atom. The summed E-state index contributed by atoms with van der Waals surface area (Å²) in [6, 6.07) is 0. The molecule has 0 aliphatic heterocycles. The third-order valence-corrected chi connectivity index (χ3v) is 16.1. The van der Waals surface area contributed by atoms with Gasteiger partial charge in [-0.2, -0.15) is 0 Å². The second-order valence-corrected chi connectivity index (χ2v) is 24.1. The van der Waals surface area contributed by atoms with Crippen LogP contribution in [0.1, 0.15) is 393 Å². The predicted molar refractivity (Wildman–Crippen MR) is 344 cm³/mol. The topological polar surface area (TPSA) is 78.9 Å². The Balaban J connectivity index is 3.92. The van der Waals surface area contributed by atoms with Crippen LogP contribution < -0.4 is 0 Å². The molecular formula is C73H136O6. The van der Waals surface area contributed by atoms with E-state index in [0.717, 1.165) is 70.6 Å². The molecule has 79 heavy (non-hydrogen) atoms. The Morgan fingerprint density at radius 3 is 0.709 bits per heavy atom. The van der Waals surface area contributed by atoms with Crippen molar-refractivity contribution in [3.05, 3.63) is 36.5 Å². The van der Waals surface area contributed by atoms with Gasteiger partial charge in [0, 0.05) is 19.3 Å². The van der Waals surface area contributed by atoms with Crippen LogP contribution in [0.2, 0.25) is 0 Å². The van der Waals surface area contributed by atoms with Gasteiger partial charge < -0.3 is 14.2 Å². The number of hydrogen-bond acceptors (Lipinski definition) is 6. The van der Waals surface area contributed by atoms with Crippen LogP contribution in [0.3, 0.4) is 0 Å². The molecule has 0 radical (unpaired) electrons. The van der Waals surface area contributed by atoms with Crippen LogP contribution in [0, 0.1) is 0 Å². The minimum atomic E-state index is -0.767. The van der Waals surface area contributed by atoms with Crippen molar-refractivity contribution in [2.24, 2.45) is 0 Å². The fraction of sp³-hybridized carbons (Fsp3) is 0.877. The third-order valence-electron chi connectivity index (χ3n) is 16.1. The second kappa shape index (κ2) is 68.1. The number of allylic oxidation sites excluding steroid dienone is 6. The van der Waals surface area contributed by atoms with E-state index in [2.05, 4.69) is 57.2 Å². The fourth-order valence-electron chi connectivity index (χ4n) is 10.8. The highest BCUT2D eigenvalue weighted by atomic mass is 16.6. The maximum atomic E-state index is 12.9. The second-order valence-electron chi connectivity index (χ2n) is 24.1. The highest BCUT2D eigenvalue weighted by Crippen LogP contribution is 2.18. The van der Waals surface area contributed by atoms with Gasteiger partial charge >= 0.3 is 17.9 Å². The molecule has 0 saturated heterocycles. The number of unbranched alkanes of at least 4 members (excludes halogenated alkanes) is 49. The average Bonchev–Trinajstić information content (AvgIpc) is 3.45. The molecule has 1 unspecified atom stereocenters. The lowest BCUT2D eigenvalue weighted by Crippen LogP contribution is -2.30. The van der Waals surface area contributed by atoms with E-state index in [1.807, 2.05) is 0 Å². The van der Waals surface area contributed by atoms with E-state index in [9.17, 15) is 14.4 Å². The lowest BCUT2D eigenvalue weighted by atomic mass is 10.0. The SMILES string of the molecule is CCCCCCC/C=C\C/C=C\CCCCCCCCCCCCCCCC(=O)OC(COC(=O)CCCCCCC)COC(=O)CCCCCCCCCCCCCCCCCCCCC/C=C\CCCCCCCCCC. The molecule has 0 fully saturated rings. The lowest BCUT2D eigenvalue weighted by molar-refractivity contribution is -0.167. The van der Waals surface area contributed by atoms with Gasteiger partial charge in [-0.05, 0) is 77.0 Å². The molecule has 0 aromatic carbocycles. The first-order valence-electron chi connectivity index (χ1n) is 35.5. The maximum absolute atomic E-state index is 12.9. The first-order valence-corrected chi connectivity index (χ1v) is 35.5. The Kier molecular flexibility index (Phi) is 66.1. The van der Waals surface area contributed by atoms with Crippen molar-refractivity contribution in [1.29, 1.82) is 0 Å². The maximum Gasteiger partial charge on any atom is 0.306 e. The van der Waals surface area contributed by atoms with Crippen LogP contribution in [-0.2, 0) is 28.6 Å². The van der Waals surface area contributed by atoms with Gasteiger partial charge in [0.1, 0.15) is 13.2 Å². The summed E-state index contributed by atoms with van der Waals surface area (Å²) in [7, 11) is 0. The van der Waals surface area contributed by atoms with Gasteiger partial charge in [0.05, 0.1) is 0 Å². The Labute approximate surface area is 493 Å². The van der Waals surface area contributed by atoms with E-state index in [-0.39, 0.29) is 31.1 Å². The first kappa shape index (κ1) is 76.6. The van der Waals surface area contributed by atoms with Crippen LogP contribution in [-0.4, -0.2) is 37.2 Å². The summed E-state index contributed by atoms with van der Waals surface area (Å²) >= 11 is 0. The standard InChI is InChI=1S/C73H136O6/c1-4-7-10-13-15-17-19-21-23-25-27-29-31-33-34-35-36-37-38-40-41-43-45-47-49-51-53-55-57-60-63-66-72(75)78-69-70(68-77-71(74)65-62-59-12-9-6-3)79-73(76)67-64-61-58-56-54-52-50-48-46-44-42-39-32-30-28-26-24-22-20-18-16-14-11-8-5-2/h20,22,25-28,70H,4-19,21,23-24,29-69H2,1-3H3/b22-20-,27-25-,28-26-. The molecule has 0 spiro atoms. The normalized spacial score (nSPS) is 12.2. The van der Waals surface area contributed by atoms with Gasteiger partial charge in [0.15, 0.2) is 6.10 Å². The molecule has 0 aromatic heterocycles. The Hall–Kier alpha value is -2.37. The summed E-state index contributed by atoms with van der Waals surface area (Å²) in [5.41, 5.74) is 0. The van der Waals surface area contributed by atoms with E-state index >= 15 is 0 Å². The molecule has 6 nitrogen and oxygen atoms in total. The summed E-state index contributed by atoms with van der Waals surface area (Å²) in [4.78, 5) is 38.0. The monoisotopic (exact) mass is 1110 g/mol. The van der Waals surface area contributed by atoms with Crippen LogP contribution in [0.15, 0.2) is 36.5 Å². The predicted octanol–water partition coefficient (Wildman–Crippen LogP) is 24.3. The smallest absolute Gasteiger partial charge is 0.306 e. The molecule has 0 heterocycles. The molecule has 0 aliphatic carbocycles. The zero-order valence-corrected chi connectivity index (χ0v) is 53.4. The van der Waals surface area contributed by atoms with Crippen LogP contribution >= 0.6 is 0 Å². The number of ether oxygens (including phenoxy) is 3. The summed E-state index contributed by atoms with van der Waals surface area (Å²) in [6.45, 7) is 6.61. The van der Waals surface area contributed by atoms with Crippen molar-refractivity contribution in [3.8, 4) is 0 Å². The molecule has 0 aromatic rings. The van der Waals surface area contributed by atoms with Crippen molar-refractivity contribution in [2.45, 2.75) is 399 Å². The molecule has 0 rings (SSSR count). The average molecular weight is 1110 g/mol. The van der Waals surface area contributed by atoms with Crippen molar-refractivity contribution >= 4 is 17.9 Å². The van der Waals surface area contributed by atoms with Gasteiger partial charge in [-0.3, -0.25) is 14.4 Å². The number of esters is 3. The first-order chi connectivity index (χ1) is 39.0. The van der Waals surface area contributed by atoms with E-state index in [0.29, 0.717) is 19.3 Å². The molecule has 464 valence electrons. The molecule has 0 bridgehead atoms. The summed E-state index contributed by atoms with van der Waals surface area (Å²) in [6.07, 6.45) is 85.2. The molecule has 0 saturated carbocycles. The van der Waals surface area contributed by atoms with E-state index < -0.39 is 6.10 Å². The van der Waals surface area contributed by atoms with Gasteiger partial charge in [0.25, 0.3) is 0 Å². The summed E-state index contributed by atoms with van der Waals surface area (Å²) < 4.78 is 16.8. The Bertz CT molecular complexity index is 1320. The van der Waals surface area contributed by atoms with Crippen LogP contribution in [0.25, 0.3) is 0 Å². The number of rotatable bonds is 66. The minimum Gasteiger partial charge on any atom is -0.462 e. The molecule has 0 aliphatic rings. The van der Waals surface area contributed by atoms with E-state index in [1.54, 1.807) is 0 Å². The highest BCUT2D eigenvalue weighted by Gasteiger charge is 2.19. The van der Waals surface area contributed by atoms with Gasteiger partial charge in [-0.25, -0.2) is 0 Å². The molecule has 1 atom stereocenters. The van der Waals surface area contributed by atoms with Crippen LogP contribution in [0.4, 0.5) is 0 Å². The largest absolute Gasteiger partial charge is 0.462 e. The van der Waals surface area contributed by atoms with Crippen molar-refractivity contribution in [3.63, 3.8) is 0 Å². The zero-order valence-electron chi connectivity index (χ0n) is 53.4. The van der Waals surface area contributed by atoms with Gasteiger partial charge in [-0.15, -0.1) is 0 Å².